The number of hydrogen-bond acceptors (Lipinski definition) is 2. The van der Waals surface area contributed by atoms with Gasteiger partial charge in [-0.3, -0.25) is 0 Å². The number of benzene rings is 2. The average Bonchev–Trinajstić information content (AvgIpc) is 2.39. The smallest absolute Gasteiger partial charge is 0.122 e. The van der Waals surface area contributed by atoms with Crippen molar-refractivity contribution in [3.8, 4) is 5.75 Å². The monoisotopic (exact) mass is 241 g/mol. The number of ether oxygens (including phenoxy) is 1. The Morgan fingerprint density at radius 3 is 2.56 bits per heavy atom. The molecule has 0 unspecified atom stereocenters. The summed E-state index contributed by atoms with van der Waals surface area (Å²) in [6.45, 7) is 2.68. The maximum atomic E-state index is 5.67. The van der Waals surface area contributed by atoms with Gasteiger partial charge in [-0.15, -0.1) is 0 Å². The first-order chi connectivity index (χ1) is 8.72. The molecule has 0 aliphatic carbocycles. The van der Waals surface area contributed by atoms with E-state index in [0.29, 0.717) is 6.54 Å². The van der Waals surface area contributed by atoms with Crippen LogP contribution in [0.25, 0.3) is 0 Å². The minimum atomic E-state index is 0.582. The van der Waals surface area contributed by atoms with Crippen molar-refractivity contribution in [3.05, 3.63) is 64.7 Å². The molecule has 0 aromatic heterocycles. The molecule has 2 heteroatoms. The van der Waals surface area contributed by atoms with Gasteiger partial charge in [0.2, 0.25) is 0 Å². The quantitative estimate of drug-likeness (QED) is 0.893. The Balaban J connectivity index is 2.29. The Labute approximate surface area is 108 Å². The van der Waals surface area contributed by atoms with Gasteiger partial charge in [0.15, 0.2) is 0 Å². The fourth-order valence-electron chi connectivity index (χ4n) is 2.13. The lowest BCUT2D eigenvalue weighted by Gasteiger charge is -2.10. The highest BCUT2D eigenvalue weighted by Gasteiger charge is 2.04. The van der Waals surface area contributed by atoms with E-state index in [4.69, 9.17) is 10.5 Å². The van der Waals surface area contributed by atoms with E-state index in [-0.39, 0.29) is 0 Å². The summed E-state index contributed by atoms with van der Waals surface area (Å²) in [5, 5.41) is 0. The second kappa shape index (κ2) is 5.69. The van der Waals surface area contributed by atoms with E-state index in [0.717, 1.165) is 12.2 Å². The lowest BCUT2D eigenvalue weighted by atomic mass is 10.0. The molecule has 2 aromatic carbocycles. The van der Waals surface area contributed by atoms with Gasteiger partial charge in [0, 0.05) is 13.0 Å². The lowest BCUT2D eigenvalue weighted by molar-refractivity contribution is 0.410. The van der Waals surface area contributed by atoms with E-state index >= 15 is 0 Å². The van der Waals surface area contributed by atoms with Crippen molar-refractivity contribution in [2.24, 2.45) is 5.73 Å². The van der Waals surface area contributed by atoms with E-state index in [1.54, 1.807) is 7.11 Å². The van der Waals surface area contributed by atoms with Crippen molar-refractivity contribution >= 4 is 0 Å². The molecule has 2 rings (SSSR count). The summed E-state index contributed by atoms with van der Waals surface area (Å²) in [6.07, 6.45) is 0.874. The van der Waals surface area contributed by atoms with Crippen molar-refractivity contribution in [2.45, 2.75) is 19.9 Å². The molecule has 0 fully saturated rings. The van der Waals surface area contributed by atoms with E-state index in [9.17, 15) is 0 Å². The van der Waals surface area contributed by atoms with Gasteiger partial charge in [0.25, 0.3) is 0 Å². The summed E-state index contributed by atoms with van der Waals surface area (Å²) in [6, 6.07) is 14.7. The summed E-state index contributed by atoms with van der Waals surface area (Å²) < 4.78 is 5.40. The maximum absolute atomic E-state index is 5.67. The molecule has 0 heterocycles. The van der Waals surface area contributed by atoms with Gasteiger partial charge in [-0.25, -0.2) is 0 Å². The second-order valence-electron chi connectivity index (χ2n) is 4.52. The topological polar surface area (TPSA) is 35.2 Å². The van der Waals surface area contributed by atoms with Crippen LogP contribution in [0.5, 0.6) is 5.75 Å². The third-order valence-corrected chi connectivity index (χ3v) is 3.06. The van der Waals surface area contributed by atoms with Gasteiger partial charge in [-0.1, -0.05) is 42.0 Å². The van der Waals surface area contributed by atoms with Crippen LogP contribution in [0.3, 0.4) is 0 Å². The molecule has 0 spiro atoms. The predicted octanol–water partition coefficient (Wildman–Crippen LogP) is 3.05. The Morgan fingerprint density at radius 2 is 1.83 bits per heavy atom. The zero-order valence-corrected chi connectivity index (χ0v) is 10.9. The van der Waals surface area contributed by atoms with Crippen LogP contribution >= 0.6 is 0 Å². The van der Waals surface area contributed by atoms with E-state index < -0.39 is 0 Å². The first-order valence-electron chi connectivity index (χ1n) is 6.14. The average molecular weight is 241 g/mol. The number of hydrogen-bond donors (Lipinski definition) is 1. The van der Waals surface area contributed by atoms with Crippen LogP contribution in [0, 0.1) is 6.92 Å². The third-order valence-electron chi connectivity index (χ3n) is 3.06. The van der Waals surface area contributed by atoms with Gasteiger partial charge in [0.05, 0.1) is 7.11 Å². The molecule has 0 atom stereocenters. The Bertz CT molecular complexity index is 534. The van der Waals surface area contributed by atoms with Crippen LogP contribution in [0.15, 0.2) is 42.5 Å². The molecule has 0 bridgehead atoms. The molecule has 0 saturated carbocycles. The zero-order chi connectivity index (χ0) is 13.0. The first kappa shape index (κ1) is 12.7. The van der Waals surface area contributed by atoms with Crippen LogP contribution in [-0.2, 0) is 13.0 Å². The third kappa shape index (κ3) is 2.90. The number of methoxy groups -OCH3 is 1. The largest absolute Gasteiger partial charge is 0.496 e. The molecule has 0 saturated heterocycles. The molecular weight excluding hydrogens is 222 g/mol. The number of rotatable bonds is 4. The van der Waals surface area contributed by atoms with E-state index in [1.807, 2.05) is 6.07 Å². The Kier molecular flexibility index (Phi) is 4.00. The second-order valence-corrected chi connectivity index (χ2v) is 4.52. The molecule has 0 amide bonds. The molecule has 2 nitrogen and oxygen atoms in total. The minimum Gasteiger partial charge on any atom is -0.496 e. The summed E-state index contributed by atoms with van der Waals surface area (Å²) >= 11 is 0. The molecule has 94 valence electrons. The fraction of sp³-hybridized carbons (Fsp3) is 0.250. The lowest BCUT2D eigenvalue weighted by Crippen LogP contribution is -1.98. The standard InChI is InChI=1S/C16H19NO/c1-12-6-7-16(18-2)15(8-12)10-13-4-3-5-14(9-13)11-17/h3-9H,10-11,17H2,1-2H3. The van der Waals surface area contributed by atoms with Crippen LogP contribution in [-0.4, -0.2) is 7.11 Å². The molecule has 0 radical (unpaired) electrons. The van der Waals surface area contributed by atoms with Gasteiger partial charge in [-0.05, 0) is 29.7 Å². The van der Waals surface area contributed by atoms with Crippen LogP contribution in [0.4, 0.5) is 0 Å². The molecule has 0 aliphatic heterocycles. The Morgan fingerprint density at radius 1 is 1.06 bits per heavy atom. The van der Waals surface area contributed by atoms with Gasteiger partial charge in [0.1, 0.15) is 5.75 Å². The van der Waals surface area contributed by atoms with Crippen molar-refractivity contribution in [1.29, 1.82) is 0 Å². The summed E-state index contributed by atoms with van der Waals surface area (Å²) in [5.41, 5.74) is 10.6. The summed E-state index contributed by atoms with van der Waals surface area (Å²) in [4.78, 5) is 0. The highest BCUT2D eigenvalue weighted by atomic mass is 16.5. The number of nitrogens with two attached hydrogens (primary N) is 1. The van der Waals surface area contributed by atoms with Crippen molar-refractivity contribution in [2.75, 3.05) is 7.11 Å². The first-order valence-corrected chi connectivity index (χ1v) is 6.14. The normalized spacial score (nSPS) is 10.4. The molecule has 0 aliphatic rings. The minimum absolute atomic E-state index is 0.582. The van der Waals surface area contributed by atoms with Crippen molar-refractivity contribution in [3.63, 3.8) is 0 Å². The van der Waals surface area contributed by atoms with Crippen molar-refractivity contribution in [1.82, 2.24) is 0 Å². The summed E-state index contributed by atoms with van der Waals surface area (Å²) in [5.74, 6) is 0.943. The van der Waals surface area contributed by atoms with Gasteiger partial charge >= 0.3 is 0 Å². The van der Waals surface area contributed by atoms with Crippen molar-refractivity contribution < 1.29 is 4.74 Å². The molecular formula is C16H19NO. The molecule has 2 aromatic rings. The van der Waals surface area contributed by atoms with Gasteiger partial charge < -0.3 is 10.5 Å². The van der Waals surface area contributed by atoms with Crippen LogP contribution < -0.4 is 10.5 Å². The zero-order valence-electron chi connectivity index (χ0n) is 10.9. The predicted molar refractivity (Wildman–Crippen MR) is 74.9 cm³/mol. The highest BCUT2D eigenvalue weighted by molar-refractivity contribution is 5.40. The SMILES string of the molecule is COc1ccc(C)cc1Cc1cccc(CN)c1. The number of aryl methyl sites for hydroxylation is 1. The highest BCUT2D eigenvalue weighted by Crippen LogP contribution is 2.23. The molecule has 18 heavy (non-hydrogen) atoms. The van der Waals surface area contributed by atoms with Gasteiger partial charge in [-0.2, -0.15) is 0 Å². The van der Waals surface area contributed by atoms with E-state index in [1.165, 1.54) is 22.3 Å². The maximum Gasteiger partial charge on any atom is 0.122 e. The van der Waals surface area contributed by atoms with Crippen LogP contribution in [0.2, 0.25) is 0 Å². The Hall–Kier alpha value is -1.80. The summed E-state index contributed by atoms with van der Waals surface area (Å²) in [7, 11) is 1.71. The van der Waals surface area contributed by atoms with E-state index in [2.05, 4.69) is 43.3 Å². The fourth-order valence-corrected chi connectivity index (χ4v) is 2.13. The molecule has 2 N–H and O–H groups in total. The van der Waals surface area contributed by atoms with Crippen LogP contribution in [0.1, 0.15) is 22.3 Å².